The van der Waals surface area contributed by atoms with E-state index in [0.29, 0.717) is 11.8 Å². The van der Waals surface area contributed by atoms with Crippen molar-refractivity contribution in [1.82, 2.24) is 0 Å². The van der Waals surface area contributed by atoms with Crippen LogP contribution in [-0.2, 0) is 0 Å². The lowest BCUT2D eigenvalue weighted by Gasteiger charge is -2.09. The van der Waals surface area contributed by atoms with Gasteiger partial charge in [-0.1, -0.05) is 13.8 Å². The highest BCUT2D eigenvalue weighted by atomic mass is 16.3. The number of phenolic OH excluding ortho intramolecular Hbond substituents is 2. The fourth-order valence-corrected chi connectivity index (χ4v) is 1.17. The van der Waals surface area contributed by atoms with Crippen LogP contribution in [-0.4, -0.2) is 16.5 Å². The Balaban J connectivity index is 3.28. The molecule has 0 aromatic heterocycles. The van der Waals surface area contributed by atoms with Gasteiger partial charge in [0.15, 0.2) is 6.29 Å². The summed E-state index contributed by atoms with van der Waals surface area (Å²) in [6.45, 7) is 3.80. The van der Waals surface area contributed by atoms with E-state index in [1.807, 2.05) is 13.8 Å². The molecule has 2 N–H and O–H groups in total. The molecule has 0 unspecified atom stereocenters. The first kappa shape index (κ1) is 9.58. The highest BCUT2D eigenvalue weighted by molar-refractivity contribution is 5.80. The van der Waals surface area contributed by atoms with Gasteiger partial charge in [0.05, 0.1) is 5.56 Å². The van der Waals surface area contributed by atoms with E-state index in [4.69, 9.17) is 0 Å². The summed E-state index contributed by atoms with van der Waals surface area (Å²) in [5.74, 6) is 0.0815. The Kier molecular flexibility index (Phi) is 2.56. The molecule has 0 heterocycles. The fraction of sp³-hybridized carbons (Fsp3) is 0.300. The summed E-state index contributed by atoms with van der Waals surface area (Å²) in [5, 5.41) is 18.8. The molecule has 0 bridgehead atoms. The number of hydrogen-bond acceptors (Lipinski definition) is 3. The van der Waals surface area contributed by atoms with E-state index < -0.39 is 0 Å². The van der Waals surface area contributed by atoms with E-state index in [1.54, 1.807) is 0 Å². The van der Waals surface area contributed by atoms with Crippen molar-refractivity contribution in [2.24, 2.45) is 0 Å². The van der Waals surface area contributed by atoms with Crippen LogP contribution in [0.5, 0.6) is 11.5 Å². The first-order valence-corrected chi connectivity index (χ1v) is 4.07. The van der Waals surface area contributed by atoms with Crippen LogP contribution in [0, 0.1) is 0 Å². The van der Waals surface area contributed by atoms with E-state index in [9.17, 15) is 15.0 Å². The van der Waals surface area contributed by atoms with Crippen molar-refractivity contribution in [2.45, 2.75) is 19.8 Å². The minimum absolute atomic E-state index is 0.0508. The molecule has 70 valence electrons. The van der Waals surface area contributed by atoms with E-state index in [1.165, 1.54) is 12.1 Å². The molecular formula is C10H12O3. The molecule has 0 aliphatic rings. The van der Waals surface area contributed by atoms with Crippen LogP contribution in [0.1, 0.15) is 35.7 Å². The Hall–Kier alpha value is -1.51. The third-order valence-corrected chi connectivity index (χ3v) is 1.92. The summed E-state index contributed by atoms with van der Waals surface area (Å²) < 4.78 is 0. The third kappa shape index (κ3) is 1.80. The molecule has 0 radical (unpaired) electrons. The Morgan fingerprint density at radius 2 is 1.85 bits per heavy atom. The Bertz CT molecular complexity index is 329. The van der Waals surface area contributed by atoms with Gasteiger partial charge in [-0.25, -0.2) is 0 Å². The summed E-state index contributed by atoms with van der Waals surface area (Å²) in [6, 6.07) is 2.70. The molecule has 3 nitrogen and oxygen atoms in total. The van der Waals surface area contributed by atoms with E-state index in [0.717, 1.165) is 0 Å². The van der Waals surface area contributed by atoms with Gasteiger partial charge < -0.3 is 10.2 Å². The normalized spacial score (nSPS) is 10.4. The third-order valence-electron chi connectivity index (χ3n) is 1.92. The second kappa shape index (κ2) is 3.47. The number of carbonyl (C=O) groups is 1. The number of benzene rings is 1. The van der Waals surface area contributed by atoms with Crippen LogP contribution < -0.4 is 0 Å². The molecule has 0 amide bonds. The molecule has 0 saturated heterocycles. The average Bonchev–Trinajstić information content (AvgIpc) is 2.07. The molecule has 0 spiro atoms. The minimum Gasteiger partial charge on any atom is -0.508 e. The van der Waals surface area contributed by atoms with Crippen molar-refractivity contribution in [2.75, 3.05) is 0 Å². The molecule has 1 aromatic carbocycles. The maximum absolute atomic E-state index is 10.4. The highest BCUT2D eigenvalue weighted by Crippen LogP contribution is 2.31. The largest absolute Gasteiger partial charge is 0.508 e. The Morgan fingerprint density at radius 3 is 2.31 bits per heavy atom. The number of aldehydes is 1. The molecule has 3 heteroatoms. The van der Waals surface area contributed by atoms with E-state index in [2.05, 4.69) is 0 Å². The predicted molar refractivity (Wildman–Crippen MR) is 49.2 cm³/mol. The van der Waals surface area contributed by atoms with Gasteiger partial charge in [0.25, 0.3) is 0 Å². The average molecular weight is 180 g/mol. The molecule has 0 atom stereocenters. The van der Waals surface area contributed by atoms with Crippen LogP contribution in [0.4, 0.5) is 0 Å². The lowest BCUT2D eigenvalue weighted by Crippen LogP contribution is -1.90. The molecule has 0 aliphatic carbocycles. The summed E-state index contributed by atoms with van der Waals surface area (Å²) >= 11 is 0. The van der Waals surface area contributed by atoms with Crippen LogP contribution in [0.2, 0.25) is 0 Å². The van der Waals surface area contributed by atoms with Crippen LogP contribution in [0.25, 0.3) is 0 Å². The smallest absolute Gasteiger partial charge is 0.153 e. The molecule has 0 aliphatic heterocycles. The monoisotopic (exact) mass is 180 g/mol. The van der Waals surface area contributed by atoms with Crippen LogP contribution in [0.15, 0.2) is 12.1 Å². The summed E-state index contributed by atoms with van der Waals surface area (Å²) in [4.78, 5) is 10.4. The van der Waals surface area contributed by atoms with Crippen molar-refractivity contribution < 1.29 is 15.0 Å². The van der Waals surface area contributed by atoms with Crippen LogP contribution in [0.3, 0.4) is 0 Å². The van der Waals surface area contributed by atoms with Crippen molar-refractivity contribution in [3.63, 3.8) is 0 Å². The zero-order valence-electron chi connectivity index (χ0n) is 7.61. The molecule has 13 heavy (non-hydrogen) atoms. The van der Waals surface area contributed by atoms with Gasteiger partial charge in [0.2, 0.25) is 0 Å². The number of carbonyl (C=O) groups excluding carboxylic acids is 1. The van der Waals surface area contributed by atoms with Gasteiger partial charge in [-0.3, -0.25) is 4.79 Å². The van der Waals surface area contributed by atoms with Gasteiger partial charge >= 0.3 is 0 Å². The lowest BCUT2D eigenvalue weighted by molar-refractivity contribution is 0.112. The predicted octanol–water partition coefficient (Wildman–Crippen LogP) is 2.03. The van der Waals surface area contributed by atoms with Crippen molar-refractivity contribution in [3.8, 4) is 11.5 Å². The second-order valence-electron chi connectivity index (χ2n) is 3.24. The first-order chi connectivity index (χ1) is 6.06. The lowest BCUT2D eigenvalue weighted by atomic mass is 10.00. The Morgan fingerprint density at radius 1 is 1.23 bits per heavy atom. The van der Waals surface area contributed by atoms with E-state index >= 15 is 0 Å². The first-order valence-electron chi connectivity index (χ1n) is 4.07. The fourth-order valence-electron chi connectivity index (χ4n) is 1.17. The topological polar surface area (TPSA) is 57.5 Å². The zero-order valence-corrected chi connectivity index (χ0v) is 7.61. The number of aromatic hydroxyl groups is 2. The van der Waals surface area contributed by atoms with Crippen molar-refractivity contribution >= 4 is 6.29 Å². The second-order valence-corrected chi connectivity index (χ2v) is 3.24. The standard InChI is InChI=1S/C10H12O3/c1-6(2)8-4-9(12)7(5-11)3-10(8)13/h3-6,12-13H,1-2H3. The zero-order chi connectivity index (χ0) is 10.0. The van der Waals surface area contributed by atoms with E-state index in [-0.39, 0.29) is 23.0 Å². The van der Waals surface area contributed by atoms with Gasteiger partial charge in [-0.05, 0) is 18.1 Å². The van der Waals surface area contributed by atoms with Gasteiger partial charge in [-0.2, -0.15) is 0 Å². The highest BCUT2D eigenvalue weighted by Gasteiger charge is 2.10. The summed E-state index contributed by atoms with van der Waals surface area (Å²) in [6.07, 6.45) is 0.513. The summed E-state index contributed by atoms with van der Waals surface area (Å²) in [5.41, 5.74) is 0.755. The molecule has 0 fully saturated rings. The maximum Gasteiger partial charge on any atom is 0.153 e. The molecular weight excluding hydrogens is 168 g/mol. The Labute approximate surface area is 76.6 Å². The minimum atomic E-state index is -0.0866. The molecule has 1 aromatic rings. The van der Waals surface area contributed by atoms with Crippen LogP contribution >= 0.6 is 0 Å². The number of rotatable bonds is 2. The summed E-state index contributed by atoms with van der Waals surface area (Å²) in [7, 11) is 0. The quantitative estimate of drug-likeness (QED) is 0.540. The molecule has 0 saturated carbocycles. The van der Waals surface area contributed by atoms with Gasteiger partial charge in [-0.15, -0.1) is 0 Å². The van der Waals surface area contributed by atoms with Crippen molar-refractivity contribution in [1.29, 1.82) is 0 Å². The maximum atomic E-state index is 10.4. The van der Waals surface area contributed by atoms with Gasteiger partial charge in [0, 0.05) is 5.56 Å². The SMILES string of the molecule is CC(C)c1cc(O)c(C=O)cc1O. The molecule has 1 rings (SSSR count). The van der Waals surface area contributed by atoms with Crippen molar-refractivity contribution in [3.05, 3.63) is 23.3 Å². The van der Waals surface area contributed by atoms with Gasteiger partial charge in [0.1, 0.15) is 11.5 Å². The number of hydrogen-bond donors (Lipinski definition) is 2. The number of phenols is 2.